The second-order valence-corrected chi connectivity index (χ2v) is 10.6. The van der Waals surface area contributed by atoms with E-state index in [9.17, 15) is 18.0 Å². The molecule has 1 atom stereocenters. The molecule has 0 radical (unpaired) electrons. The fraction of sp³-hybridized carbons (Fsp3) is 0.192. The van der Waals surface area contributed by atoms with Gasteiger partial charge in [0.05, 0.1) is 15.8 Å². The van der Waals surface area contributed by atoms with Gasteiger partial charge in [-0.1, -0.05) is 48.5 Å². The number of hydrogen-bond donors (Lipinski definition) is 1. The van der Waals surface area contributed by atoms with E-state index in [-0.39, 0.29) is 10.5 Å². The molecule has 180 valence electrons. The number of fused-ring (bicyclic) bond motifs is 1. The second kappa shape index (κ2) is 9.44. The van der Waals surface area contributed by atoms with Gasteiger partial charge in [-0.3, -0.25) is 14.2 Å². The van der Waals surface area contributed by atoms with E-state index in [0.29, 0.717) is 33.5 Å². The van der Waals surface area contributed by atoms with Gasteiger partial charge in [0.25, 0.3) is 5.56 Å². The number of sulfonamides is 1. The number of aromatic nitrogens is 2. The zero-order valence-electron chi connectivity index (χ0n) is 19.9. The highest BCUT2D eigenvalue weighted by Gasteiger charge is 2.24. The zero-order valence-corrected chi connectivity index (χ0v) is 20.7. The molecule has 1 aromatic heterocycles. The van der Waals surface area contributed by atoms with Crippen molar-refractivity contribution in [3.05, 3.63) is 88.7 Å². The minimum absolute atomic E-state index is 0.0607. The number of anilines is 1. The first-order valence-corrected chi connectivity index (χ1v) is 12.5. The first kappa shape index (κ1) is 24.3. The molecule has 0 saturated carbocycles. The first-order chi connectivity index (χ1) is 16.6. The van der Waals surface area contributed by atoms with Gasteiger partial charge in [0.15, 0.2) is 0 Å². The molecule has 9 heteroatoms. The summed E-state index contributed by atoms with van der Waals surface area (Å²) in [5.41, 5.74) is 1.95. The maximum atomic E-state index is 13.5. The van der Waals surface area contributed by atoms with Gasteiger partial charge in [-0.05, 0) is 43.7 Å². The quantitative estimate of drug-likeness (QED) is 0.443. The molecule has 1 N–H and O–H groups in total. The Labute approximate surface area is 203 Å². The van der Waals surface area contributed by atoms with Crippen LogP contribution >= 0.6 is 0 Å². The maximum Gasteiger partial charge on any atom is 0.262 e. The molecule has 0 unspecified atom stereocenters. The van der Waals surface area contributed by atoms with Gasteiger partial charge >= 0.3 is 0 Å². The molecule has 35 heavy (non-hydrogen) atoms. The Bertz CT molecular complexity index is 1580. The van der Waals surface area contributed by atoms with E-state index < -0.39 is 22.0 Å². The Hall–Kier alpha value is -3.82. The van der Waals surface area contributed by atoms with Crippen molar-refractivity contribution >= 4 is 32.5 Å². The number of nitrogens with one attached hydrogen (secondary N) is 1. The molecule has 0 spiro atoms. The number of carbonyl (C=O) groups is 1. The number of carbonyl (C=O) groups excluding carboxylic acids is 1. The van der Waals surface area contributed by atoms with E-state index in [1.165, 1.54) is 30.8 Å². The summed E-state index contributed by atoms with van der Waals surface area (Å²) in [6, 6.07) is 19.8. The van der Waals surface area contributed by atoms with Gasteiger partial charge in [0, 0.05) is 25.3 Å². The number of hydrogen-bond acceptors (Lipinski definition) is 5. The lowest BCUT2D eigenvalue weighted by atomic mass is 10.1. The van der Waals surface area contributed by atoms with Crippen LogP contribution in [0.15, 0.2) is 82.5 Å². The standard InChI is InChI=1S/C26H26N4O4S/c1-17-14-15-20(35(33,34)29(3)4)16-23(17)28-25(31)18(2)30-24(19-10-6-5-7-11-19)27-22-13-9-8-12-21(22)26(30)32/h5-16,18H,1-4H3,(H,28,31)/t18-/m1/s1. The van der Waals surface area contributed by atoms with Crippen LogP contribution in [0.2, 0.25) is 0 Å². The van der Waals surface area contributed by atoms with E-state index in [1.54, 1.807) is 38.1 Å². The predicted molar refractivity (Wildman–Crippen MR) is 137 cm³/mol. The van der Waals surface area contributed by atoms with E-state index in [1.807, 2.05) is 36.4 Å². The number of amides is 1. The number of rotatable bonds is 6. The highest BCUT2D eigenvalue weighted by Crippen LogP contribution is 2.25. The van der Waals surface area contributed by atoms with Crippen molar-refractivity contribution in [3.8, 4) is 11.4 Å². The molecule has 0 aliphatic heterocycles. The number of para-hydroxylation sites is 1. The summed E-state index contributed by atoms with van der Waals surface area (Å²) >= 11 is 0. The Morgan fingerprint density at radius 2 is 1.66 bits per heavy atom. The molecule has 4 rings (SSSR count). The van der Waals surface area contributed by atoms with Gasteiger partial charge in [0.1, 0.15) is 11.9 Å². The Morgan fingerprint density at radius 3 is 2.34 bits per heavy atom. The lowest BCUT2D eigenvalue weighted by molar-refractivity contribution is -0.118. The normalized spacial score (nSPS) is 12.6. The van der Waals surface area contributed by atoms with Crippen LogP contribution in [0.1, 0.15) is 18.5 Å². The predicted octanol–water partition coefficient (Wildman–Crippen LogP) is 3.82. The molecular formula is C26H26N4O4S. The number of aryl methyl sites for hydroxylation is 1. The third kappa shape index (κ3) is 4.60. The van der Waals surface area contributed by atoms with Crippen LogP contribution in [0.4, 0.5) is 5.69 Å². The van der Waals surface area contributed by atoms with Crippen molar-refractivity contribution in [2.45, 2.75) is 24.8 Å². The largest absolute Gasteiger partial charge is 0.324 e. The SMILES string of the molecule is Cc1ccc(S(=O)(=O)N(C)C)cc1NC(=O)[C@@H](C)n1c(-c2ccccc2)nc2ccccc2c1=O. The van der Waals surface area contributed by atoms with Gasteiger partial charge in [0.2, 0.25) is 15.9 Å². The molecular weight excluding hydrogens is 464 g/mol. The summed E-state index contributed by atoms with van der Waals surface area (Å²) < 4.78 is 27.6. The van der Waals surface area contributed by atoms with Crippen molar-refractivity contribution in [2.75, 3.05) is 19.4 Å². The van der Waals surface area contributed by atoms with Crippen LogP contribution < -0.4 is 10.9 Å². The lowest BCUT2D eigenvalue weighted by Crippen LogP contribution is -2.33. The van der Waals surface area contributed by atoms with Crippen molar-refractivity contribution in [3.63, 3.8) is 0 Å². The van der Waals surface area contributed by atoms with E-state index in [4.69, 9.17) is 4.98 Å². The third-order valence-corrected chi connectivity index (χ3v) is 7.66. The maximum absolute atomic E-state index is 13.5. The van der Waals surface area contributed by atoms with Crippen LogP contribution in [0.3, 0.4) is 0 Å². The highest BCUT2D eigenvalue weighted by atomic mass is 32.2. The molecule has 3 aromatic carbocycles. The highest BCUT2D eigenvalue weighted by molar-refractivity contribution is 7.89. The van der Waals surface area contributed by atoms with Crippen molar-refractivity contribution in [2.24, 2.45) is 0 Å². The van der Waals surface area contributed by atoms with Gasteiger partial charge in [-0.15, -0.1) is 0 Å². The molecule has 4 aromatic rings. The number of nitrogens with zero attached hydrogens (tertiary/aromatic N) is 3. The summed E-state index contributed by atoms with van der Waals surface area (Å²) in [7, 11) is -0.793. The molecule has 0 saturated heterocycles. The average molecular weight is 491 g/mol. The van der Waals surface area contributed by atoms with Crippen molar-refractivity contribution in [1.82, 2.24) is 13.9 Å². The van der Waals surface area contributed by atoms with Crippen molar-refractivity contribution in [1.29, 1.82) is 0 Å². The van der Waals surface area contributed by atoms with Crippen LogP contribution in [-0.2, 0) is 14.8 Å². The number of benzene rings is 3. The molecule has 0 aliphatic rings. The van der Waals surface area contributed by atoms with Crippen LogP contribution in [0, 0.1) is 6.92 Å². The molecule has 1 heterocycles. The minimum atomic E-state index is -3.68. The smallest absolute Gasteiger partial charge is 0.262 e. The summed E-state index contributed by atoms with van der Waals surface area (Å²) in [6.07, 6.45) is 0. The Balaban J connectivity index is 1.79. The topological polar surface area (TPSA) is 101 Å². The summed E-state index contributed by atoms with van der Waals surface area (Å²) in [5, 5.41) is 3.21. The van der Waals surface area contributed by atoms with Gasteiger partial charge < -0.3 is 5.32 Å². The lowest BCUT2D eigenvalue weighted by Gasteiger charge is -2.21. The zero-order chi connectivity index (χ0) is 25.3. The fourth-order valence-electron chi connectivity index (χ4n) is 3.76. The fourth-order valence-corrected chi connectivity index (χ4v) is 4.69. The average Bonchev–Trinajstić information content (AvgIpc) is 2.85. The monoisotopic (exact) mass is 490 g/mol. The van der Waals surface area contributed by atoms with E-state index in [0.717, 1.165) is 4.31 Å². The molecule has 8 nitrogen and oxygen atoms in total. The Morgan fingerprint density at radius 1 is 1.00 bits per heavy atom. The van der Waals surface area contributed by atoms with Crippen LogP contribution in [0.5, 0.6) is 0 Å². The first-order valence-electron chi connectivity index (χ1n) is 11.0. The summed E-state index contributed by atoms with van der Waals surface area (Å²) in [4.78, 5) is 31.6. The Kier molecular flexibility index (Phi) is 6.56. The van der Waals surface area contributed by atoms with E-state index in [2.05, 4.69) is 5.32 Å². The molecule has 1 amide bonds. The second-order valence-electron chi connectivity index (χ2n) is 8.42. The van der Waals surface area contributed by atoms with Crippen LogP contribution in [-0.4, -0.2) is 42.3 Å². The third-order valence-electron chi connectivity index (χ3n) is 5.85. The minimum Gasteiger partial charge on any atom is -0.324 e. The van der Waals surface area contributed by atoms with Crippen LogP contribution in [0.25, 0.3) is 22.3 Å². The van der Waals surface area contributed by atoms with Gasteiger partial charge in [-0.25, -0.2) is 17.7 Å². The summed E-state index contributed by atoms with van der Waals surface area (Å²) in [5.74, 6) is -0.0959. The van der Waals surface area contributed by atoms with Gasteiger partial charge in [-0.2, -0.15) is 0 Å². The molecule has 0 aliphatic carbocycles. The molecule has 0 bridgehead atoms. The van der Waals surface area contributed by atoms with Crippen molar-refractivity contribution < 1.29 is 13.2 Å². The molecule has 0 fully saturated rings. The summed E-state index contributed by atoms with van der Waals surface area (Å²) in [6.45, 7) is 3.39. The van der Waals surface area contributed by atoms with E-state index >= 15 is 0 Å².